The fourth-order valence-corrected chi connectivity index (χ4v) is 3.61. The number of piperidine rings is 1. The first-order valence-electron chi connectivity index (χ1n) is 8.65. The minimum Gasteiger partial charge on any atom is -0.450 e. The van der Waals surface area contributed by atoms with Crippen LogP contribution in [0.5, 0.6) is 0 Å². The van der Waals surface area contributed by atoms with Gasteiger partial charge in [-0.3, -0.25) is 0 Å². The molecule has 1 unspecified atom stereocenters. The molecule has 0 radical (unpaired) electrons. The van der Waals surface area contributed by atoms with Gasteiger partial charge in [-0.05, 0) is 58.0 Å². The van der Waals surface area contributed by atoms with Crippen molar-refractivity contribution in [1.82, 2.24) is 15.1 Å². The predicted molar refractivity (Wildman–Crippen MR) is 82.3 cm³/mol. The SMILES string of the molecule is CCOC(=O)N1CCC(NCC2CCN(C3CC3)C2)CC1. The van der Waals surface area contributed by atoms with Crippen LogP contribution in [0.25, 0.3) is 0 Å². The molecule has 2 aliphatic heterocycles. The highest BCUT2D eigenvalue weighted by atomic mass is 16.6. The van der Waals surface area contributed by atoms with Crippen LogP contribution in [0.15, 0.2) is 0 Å². The first kappa shape index (κ1) is 15.1. The van der Waals surface area contributed by atoms with Crippen LogP contribution in [0, 0.1) is 5.92 Å². The Balaban J connectivity index is 1.31. The molecule has 1 atom stereocenters. The number of carbonyl (C=O) groups excluding carboxylic acids is 1. The van der Waals surface area contributed by atoms with Gasteiger partial charge in [-0.1, -0.05) is 0 Å². The average Bonchev–Trinajstić information content (AvgIpc) is 3.25. The van der Waals surface area contributed by atoms with Gasteiger partial charge in [0.25, 0.3) is 0 Å². The second kappa shape index (κ2) is 6.97. The van der Waals surface area contributed by atoms with Gasteiger partial charge in [0.2, 0.25) is 0 Å². The smallest absolute Gasteiger partial charge is 0.409 e. The van der Waals surface area contributed by atoms with E-state index < -0.39 is 0 Å². The average molecular weight is 295 g/mol. The second-order valence-corrected chi connectivity index (χ2v) is 6.75. The van der Waals surface area contributed by atoms with Crippen molar-refractivity contribution in [3.05, 3.63) is 0 Å². The van der Waals surface area contributed by atoms with Crippen molar-refractivity contribution in [3.8, 4) is 0 Å². The molecular formula is C16H29N3O2. The summed E-state index contributed by atoms with van der Waals surface area (Å²) in [6.07, 6.45) is 6.16. The van der Waals surface area contributed by atoms with Gasteiger partial charge in [0, 0.05) is 31.7 Å². The van der Waals surface area contributed by atoms with Gasteiger partial charge >= 0.3 is 6.09 Å². The van der Waals surface area contributed by atoms with Crippen molar-refractivity contribution in [3.63, 3.8) is 0 Å². The number of nitrogens with zero attached hydrogens (tertiary/aromatic N) is 2. The van der Waals surface area contributed by atoms with Gasteiger partial charge < -0.3 is 19.9 Å². The highest BCUT2D eigenvalue weighted by Gasteiger charge is 2.34. The highest BCUT2D eigenvalue weighted by Crippen LogP contribution is 2.31. The predicted octanol–water partition coefficient (Wildman–Crippen LogP) is 1.68. The molecule has 0 aromatic rings. The summed E-state index contributed by atoms with van der Waals surface area (Å²) < 4.78 is 5.06. The summed E-state index contributed by atoms with van der Waals surface area (Å²) in [5, 5.41) is 3.73. The van der Waals surface area contributed by atoms with E-state index in [0.29, 0.717) is 12.6 Å². The van der Waals surface area contributed by atoms with Crippen molar-refractivity contribution < 1.29 is 9.53 Å². The third-order valence-electron chi connectivity index (χ3n) is 5.10. The summed E-state index contributed by atoms with van der Waals surface area (Å²) in [4.78, 5) is 16.2. The van der Waals surface area contributed by atoms with E-state index in [9.17, 15) is 4.79 Å². The molecule has 5 heteroatoms. The number of hydrogen-bond acceptors (Lipinski definition) is 4. The summed E-state index contributed by atoms with van der Waals surface area (Å²) in [5.74, 6) is 0.827. The van der Waals surface area contributed by atoms with E-state index in [0.717, 1.165) is 44.4 Å². The molecule has 0 bridgehead atoms. The maximum Gasteiger partial charge on any atom is 0.409 e. The minimum atomic E-state index is -0.146. The van der Waals surface area contributed by atoms with Crippen LogP contribution >= 0.6 is 0 Å². The number of ether oxygens (including phenoxy) is 1. The molecule has 5 nitrogen and oxygen atoms in total. The van der Waals surface area contributed by atoms with Crippen LogP contribution < -0.4 is 5.32 Å². The lowest BCUT2D eigenvalue weighted by molar-refractivity contribution is 0.0948. The van der Waals surface area contributed by atoms with Crippen LogP contribution in [-0.2, 0) is 4.74 Å². The third-order valence-corrected chi connectivity index (χ3v) is 5.10. The lowest BCUT2D eigenvalue weighted by Gasteiger charge is -2.32. The Morgan fingerprint density at radius 2 is 1.90 bits per heavy atom. The van der Waals surface area contributed by atoms with Gasteiger partial charge in [-0.15, -0.1) is 0 Å². The summed E-state index contributed by atoms with van der Waals surface area (Å²) in [5.41, 5.74) is 0. The first-order chi connectivity index (χ1) is 10.3. The Labute approximate surface area is 128 Å². The minimum absolute atomic E-state index is 0.146. The van der Waals surface area contributed by atoms with E-state index in [4.69, 9.17) is 4.74 Å². The van der Waals surface area contributed by atoms with Gasteiger partial charge in [-0.2, -0.15) is 0 Å². The van der Waals surface area contributed by atoms with Crippen LogP contribution in [0.1, 0.15) is 39.0 Å². The Hall–Kier alpha value is -0.810. The van der Waals surface area contributed by atoms with Crippen LogP contribution in [-0.4, -0.2) is 67.3 Å². The molecule has 21 heavy (non-hydrogen) atoms. The van der Waals surface area contributed by atoms with Gasteiger partial charge in [0.1, 0.15) is 0 Å². The zero-order valence-corrected chi connectivity index (χ0v) is 13.2. The lowest BCUT2D eigenvalue weighted by Crippen LogP contribution is -2.46. The van der Waals surface area contributed by atoms with E-state index >= 15 is 0 Å². The van der Waals surface area contributed by atoms with E-state index in [1.54, 1.807) is 0 Å². The number of rotatable bonds is 5. The molecule has 1 amide bonds. The molecular weight excluding hydrogens is 266 g/mol. The van der Waals surface area contributed by atoms with E-state index in [1.165, 1.54) is 32.4 Å². The standard InChI is InChI=1S/C16H29N3O2/c1-2-21-16(20)18-9-6-14(7-10-18)17-11-13-5-8-19(12-13)15-3-4-15/h13-15,17H,2-12H2,1H3. The van der Waals surface area contributed by atoms with E-state index in [1.807, 2.05) is 11.8 Å². The summed E-state index contributed by atoms with van der Waals surface area (Å²) in [6, 6.07) is 1.49. The normalized spacial score (nSPS) is 28.0. The summed E-state index contributed by atoms with van der Waals surface area (Å²) in [7, 11) is 0. The molecule has 1 saturated carbocycles. The van der Waals surface area contributed by atoms with Crippen molar-refractivity contribution in [2.75, 3.05) is 39.3 Å². The monoisotopic (exact) mass is 295 g/mol. The van der Waals surface area contributed by atoms with E-state index in [-0.39, 0.29) is 6.09 Å². The van der Waals surface area contributed by atoms with Gasteiger partial charge in [0.05, 0.1) is 6.61 Å². The molecule has 1 N–H and O–H groups in total. The fourth-order valence-electron chi connectivity index (χ4n) is 3.61. The fraction of sp³-hybridized carbons (Fsp3) is 0.938. The number of amides is 1. The van der Waals surface area contributed by atoms with Crippen molar-refractivity contribution in [2.24, 2.45) is 5.92 Å². The maximum atomic E-state index is 11.7. The molecule has 0 spiro atoms. The van der Waals surface area contributed by atoms with Gasteiger partial charge in [-0.25, -0.2) is 4.79 Å². The van der Waals surface area contributed by atoms with Crippen molar-refractivity contribution in [1.29, 1.82) is 0 Å². The quantitative estimate of drug-likeness (QED) is 0.838. The van der Waals surface area contributed by atoms with Crippen molar-refractivity contribution >= 4 is 6.09 Å². The molecule has 120 valence electrons. The summed E-state index contributed by atoms with van der Waals surface area (Å²) in [6.45, 7) is 7.73. The van der Waals surface area contributed by atoms with Gasteiger partial charge in [0.15, 0.2) is 0 Å². The topological polar surface area (TPSA) is 44.8 Å². The molecule has 0 aromatic heterocycles. The summed E-state index contributed by atoms with van der Waals surface area (Å²) >= 11 is 0. The molecule has 3 fully saturated rings. The lowest BCUT2D eigenvalue weighted by atomic mass is 10.0. The zero-order chi connectivity index (χ0) is 14.7. The molecule has 3 rings (SSSR count). The number of hydrogen-bond donors (Lipinski definition) is 1. The third kappa shape index (κ3) is 4.10. The second-order valence-electron chi connectivity index (χ2n) is 6.75. The molecule has 0 aromatic carbocycles. The number of likely N-dealkylation sites (tertiary alicyclic amines) is 2. The molecule has 2 saturated heterocycles. The Morgan fingerprint density at radius 3 is 2.57 bits per heavy atom. The molecule has 1 aliphatic carbocycles. The van der Waals surface area contributed by atoms with Crippen LogP contribution in [0.3, 0.4) is 0 Å². The van der Waals surface area contributed by atoms with Crippen LogP contribution in [0.2, 0.25) is 0 Å². The molecule has 3 aliphatic rings. The zero-order valence-electron chi connectivity index (χ0n) is 13.2. The van der Waals surface area contributed by atoms with E-state index in [2.05, 4.69) is 10.2 Å². The number of nitrogens with one attached hydrogen (secondary N) is 1. The Morgan fingerprint density at radius 1 is 1.14 bits per heavy atom. The Kier molecular flexibility index (Phi) is 5.01. The number of carbonyl (C=O) groups is 1. The highest BCUT2D eigenvalue weighted by molar-refractivity contribution is 5.67. The maximum absolute atomic E-state index is 11.7. The van der Waals surface area contributed by atoms with Crippen LogP contribution in [0.4, 0.5) is 4.79 Å². The Bertz CT molecular complexity index is 351. The van der Waals surface area contributed by atoms with Crippen molar-refractivity contribution in [2.45, 2.75) is 51.1 Å². The largest absolute Gasteiger partial charge is 0.450 e. The first-order valence-corrected chi connectivity index (χ1v) is 8.65. The molecule has 2 heterocycles.